The van der Waals surface area contributed by atoms with Crippen LogP contribution in [0.1, 0.15) is 40.2 Å². The Balaban J connectivity index is 1.84. The summed E-state index contributed by atoms with van der Waals surface area (Å²) in [6.07, 6.45) is 1.32. The van der Waals surface area contributed by atoms with Crippen LogP contribution in [0.5, 0.6) is 0 Å². The van der Waals surface area contributed by atoms with E-state index in [9.17, 15) is 14.7 Å². The lowest BCUT2D eigenvalue weighted by Crippen LogP contribution is -2.42. The van der Waals surface area contributed by atoms with Crippen molar-refractivity contribution in [1.82, 2.24) is 14.7 Å². The molecule has 1 aromatic heterocycles. The second-order valence-electron chi connectivity index (χ2n) is 6.72. The fourth-order valence-electron chi connectivity index (χ4n) is 3.47. The van der Waals surface area contributed by atoms with Gasteiger partial charge in [0.2, 0.25) is 0 Å². The van der Waals surface area contributed by atoms with Crippen molar-refractivity contribution in [2.45, 2.75) is 33.2 Å². The van der Waals surface area contributed by atoms with Crippen molar-refractivity contribution < 1.29 is 14.7 Å². The molecule has 1 atom stereocenters. The van der Waals surface area contributed by atoms with Crippen LogP contribution < -0.4 is 0 Å². The van der Waals surface area contributed by atoms with E-state index in [2.05, 4.69) is 5.10 Å². The van der Waals surface area contributed by atoms with Crippen LogP contribution in [0.15, 0.2) is 24.3 Å². The minimum Gasteiger partial charge on any atom is -0.481 e. The van der Waals surface area contributed by atoms with E-state index in [4.69, 9.17) is 11.6 Å². The standard InChI is InChI=1S/C19H22ClN3O3/c1-12-17(18(24)22-9-5-7-15(10-22)19(25)26)13(2)23(21-12)11-14-6-3-4-8-16(14)20/h3-4,6,8,15H,5,7,9-11H2,1-2H3,(H,25,26)/t15-/m1/s1. The number of amides is 1. The Morgan fingerprint density at radius 1 is 1.31 bits per heavy atom. The molecule has 1 amide bonds. The van der Waals surface area contributed by atoms with Gasteiger partial charge in [-0.1, -0.05) is 29.8 Å². The number of rotatable bonds is 4. The zero-order valence-electron chi connectivity index (χ0n) is 14.9. The van der Waals surface area contributed by atoms with Crippen molar-refractivity contribution in [2.75, 3.05) is 13.1 Å². The molecule has 2 aromatic rings. The molecule has 1 aliphatic heterocycles. The number of aryl methyl sites for hydroxylation is 1. The van der Waals surface area contributed by atoms with Crippen molar-refractivity contribution in [3.05, 3.63) is 51.8 Å². The number of halogens is 1. The minimum atomic E-state index is -0.842. The van der Waals surface area contributed by atoms with Crippen LogP contribution in [0.4, 0.5) is 0 Å². The summed E-state index contributed by atoms with van der Waals surface area (Å²) in [7, 11) is 0. The minimum absolute atomic E-state index is 0.142. The van der Waals surface area contributed by atoms with Gasteiger partial charge in [-0.15, -0.1) is 0 Å². The fraction of sp³-hybridized carbons (Fsp3) is 0.421. The van der Waals surface area contributed by atoms with Crippen molar-refractivity contribution in [1.29, 1.82) is 0 Å². The maximum absolute atomic E-state index is 13.0. The number of aliphatic carboxylic acids is 1. The highest BCUT2D eigenvalue weighted by molar-refractivity contribution is 6.31. The molecule has 1 fully saturated rings. The van der Waals surface area contributed by atoms with E-state index in [-0.39, 0.29) is 12.5 Å². The Morgan fingerprint density at radius 2 is 2.04 bits per heavy atom. The van der Waals surface area contributed by atoms with Gasteiger partial charge in [-0.2, -0.15) is 5.10 Å². The lowest BCUT2D eigenvalue weighted by atomic mass is 9.97. The number of carbonyl (C=O) groups excluding carboxylic acids is 1. The summed E-state index contributed by atoms with van der Waals surface area (Å²) in [6.45, 7) is 4.99. The SMILES string of the molecule is Cc1nn(Cc2ccccc2Cl)c(C)c1C(=O)N1CCC[C@@H](C(=O)O)C1. The highest BCUT2D eigenvalue weighted by Crippen LogP contribution is 2.23. The van der Waals surface area contributed by atoms with E-state index in [1.807, 2.05) is 38.1 Å². The van der Waals surface area contributed by atoms with Crippen molar-refractivity contribution in [3.63, 3.8) is 0 Å². The number of carbonyl (C=O) groups is 2. The molecule has 138 valence electrons. The monoisotopic (exact) mass is 375 g/mol. The van der Waals surface area contributed by atoms with Gasteiger partial charge < -0.3 is 10.0 Å². The summed E-state index contributed by atoms with van der Waals surface area (Å²) in [6, 6.07) is 7.55. The Kier molecular flexibility index (Phi) is 5.32. The highest BCUT2D eigenvalue weighted by Gasteiger charge is 2.31. The van der Waals surface area contributed by atoms with Crippen LogP contribution in [0, 0.1) is 19.8 Å². The molecule has 1 aromatic carbocycles. The van der Waals surface area contributed by atoms with Gasteiger partial charge in [-0.25, -0.2) is 0 Å². The molecule has 1 aliphatic rings. The molecule has 0 saturated carbocycles. The summed E-state index contributed by atoms with van der Waals surface area (Å²) < 4.78 is 1.78. The van der Waals surface area contributed by atoms with Gasteiger partial charge in [0.25, 0.3) is 5.91 Å². The Hall–Kier alpha value is -2.34. The first kappa shape index (κ1) is 18.5. The molecular weight excluding hydrogens is 354 g/mol. The van der Waals surface area contributed by atoms with E-state index in [1.165, 1.54) is 0 Å². The molecule has 1 N–H and O–H groups in total. The average Bonchev–Trinajstić information content (AvgIpc) is 2.90. The molecule has 0 bridgehead atoms. The molecule has 0 radical (unpaired) electrons. The summed E-state index contributed by atoms with van der Waals surface area (Å²) in [5, 5.41) is 14.4. The average molecular weight is 376 g/mol. The molecule has 0 aliphatic carbocycles. The number of hydrogen-bond donors (Lipinski definition) is 1. The van der Waals surface area contributed by atoms with E-state index >= 15 is 0 Å². The Bertz CT molecular complexity index is 847. The third-order valence-electron chi connectivity index (χ3n) is 4.93. The van der Waals surface area contributed by atoms with Crippen LogP contribution >= 0.6 is 11.6 Å². The van der Waals surface area contributed by atoms with E-state index in [0.717, 1.165) is 11.3 Å². The Morgan fingerprint density at radius 3 is 2.73 bits per heavy atom. The third-order valence-corrected chi connectivity index (χ3v) is 5.30. The van der Waals surface area contributed by atoms with Crippen molar-refractivity contribution in [2.24, 2.45) is 5.92 Å². The summed E-state index contributed by atoms with van der Waals surface area (Å²) >= 11 is 6.23. The van der Waals surface area contributed by atoms with Gasteiger partial charge in [0, 0.05) is 23.8 Å². The van der Waals surface area contributed by atoms with Crippen molar-refractivity contribution in [3.8, 4) is 0 Å². The first-order valence-electron chi connectivity index (χ1n) is 8.68. The summed E-state index contributed by atoms with van der Waals surface area (Å²) in [5.41, 5.74) is 2.91. The number of benzene rings is 1. The second kappa shape index (κ2) is 7.50. The smallest absolute Gasteiger partial charge is 0.308 e. The van der Waals surface area contributed by atoms with Gasteiger partial charge in [0.05, 0.1) is 23.7 Å². The van der Waals surface area contributed by atoms with E-state index in [0.29, 0.717) is 42.2 Å². The van der Waals surface area contributed by atoms with Crippen LogP contribution in [0.2, 0.25) is 5.02 Å². The van der Waals surface area contributed by atoms with Crippen LogP contribution in [-0.4, -0.2) is 44.8 Å². The van der Waals surface area contributed by atoms with Crippen molar-refractivity contribution >= 4 is 23.5 Å². The molecule has 6 nitrogen and oxygen atoms in total. The van der Waals surface area contributed by atoms with Gasteiger partial charge in [0.15, 0.2) is 0 Å². The second-order valence-corrected chi connectivity index (χ2v) is 7.13. The topological polar surface area (TPSA) is 75.4 Å². The number of likely N-dealkylation sites (tertiary alicyclic amines) is 1. The first-order valence-corrected chi connectivity index (χ1v) is 9.05. The maximum Gasteiger partial charge on any atom is 0.308 e. The quantitative estimate of drug-likeness (QED) is 0.890. The number of aromatic nitrogens is 2. The molecule has 3 rings (SSSR count). The lowest BCUT2D eigenvalue weighted by Gasteiger charge is -2.30. The number of carboxylic acid groups (broad SMARTS) is 1. The molecular formula is C19H22ClN3O3. The van der Waals surface area contributed by atoms with Crippen LogP contribution in [0.3, 0.4) is 0 Å². The highest BCUT2D eigenvalue weighted by atomic mass is 35.5. The number of carboxylic acids is 1. The zero-order valence-corrected chi connectivity index (χ0v) is 15.7. The fourth-order valence-corrected chi connectivity index (χ4v) is 3.67. The molecule has 1 saturated heterocycles. The van der Waals surface area contributed by atoms with Gasteiger partial charge >= 0.3 is 5.97 Å². The normalized spacial score (nSPS) is 17.3. The van der Waals surface area contributed by atoms with E-state index < -0.39 is 11.9 Å². The van der Waals surface area contributed by atoms with Gasteiger partial charge in [-0.3, -0.25) is 14.3 Å². The number of piperidine rings is 1. The first-order chi connectivity index (χ1) is 12.4. The molecule has 26 heavy (non-hydrogen) atoms. The number of hydrogen-bond acceptors (Lipinski definition) is 3. The third kappa shape index (κ3) is 3.60. The summed E-state index contributed by atoms with van der Waals surface area (Å²) in [4.78, 5) is 25.9. The largest absolute Gasteiger partial charge is 0.481 e. The predicted octanol–water partition coefficient (Wildman–Crippen LogP) is 3.14. The molecule has 2 heterocycles. The molecule has 0 unspecified atom stereocenters. The lowest BCUT2D eigenvalue weighted by molar-refractivity contribution is -0.143. The molecule has 7 heteroatoms. The van der Waals surface area contributed by atoms with Gasteiger partial charge in [-0.05, 0) is 38.3 Å². The zero-order chi connectivity index (χ0) is 18.8. The number of nitrogens with zero attached hydrogens (tertiary/aromatic N) is 3. The van der Waals surface area contributed by atoms with Crippen LogP contribution in [0.25, 0.3) is 0 Å². The maximum atomic E-state index is 13.0. The van der Waals surface area contributed by atoms with E-state index in [1.54, 1.807) is 9.58 Å². The Labute approximate surface area is 157 Å². The summed E-state index contributed by atoms with van der Waals surface area (Å²) in [5.74, 6) is -1.48. The predicted molar refractivity (Wildman–Crippen MR) is 98.5 cm³/mol. The molecule has 0 spiro atoms. The van der Waals surface area contributed by atoms with Crippen LogP contribution in [-0.2, 0) is 11.3 Å². The van der Waals surface area contributed by atoms with Gasteiger partial charge in [0.1, 0.15) is 0 Å².